The maximum atomic E-state index is 14.0. The third-order valence-corrected chi connectivity index (χ3v) is 13.9. The lowest BCUT2D eigenvalue weighted by Gasteiger charge is -2.63. The number of aryl methyl sites for hydroxylation is 1. The Labute approximate surface area is 406 Å². The molecule has 18 heteroatoms. The first kappa shape index (κ1) is 51.8. The predicted octanol–water partition coefficient (Wildman–Crippen LogP) is 5.18. The number of nitrogens with one attached hydrogen (secondary N) is 3. The fourth-order valence-corrected chi connectivity index (χ4v) is 10.2. The number of carbonyl (C=O) groups is 4. The van der Waals surface area contributed by atoms with E-state index in [0.29, 0.717) is 27.6 Å². The van der Waals surface area contributed by atoms with Gasteiger partial charge in [-0.25, -0.2) is 4.98 Å². The number of nitriles is 1. The number of benzene rings is 3. The van der Waals surface area contributed by atoms with E-state index in [-0.39, 0.29) is 44.2 Å². The maximum Gasteiger partial charge on any atom is 0.251 e. The quantitative estimate of drug-likeness (QED) is 0.0758. The molecule has 0 spiro atoms. The monoisotopic (exact) mass is 972 g/mol. The van der Waals surface area contributed by atoms with Crippen LogP contribution in [0.5, 0.6) is 11.5 Å². The van der Waals surface area contributed by atoms with Crippen molar-refractivity contribution in [2.75, 3.05) is 26.4 Å². The van der Waals surface area contributed by atoms with Gasteiger partial charge < -0.3 is 50.4 Å². The van der Waals surface area contributed by atoms with Crippen LogP contribution in [-0.4, -0.2) is 118 Å². The minimum Gasteiger partial charge on any atom is -0.491 e. The summed E-state index contributed by atoms with van der Waals surface area (Å²) in [7, 11) is 0. The summed E-state index contributed by atoms with van der Waals surface area (Å²) in [5, 5.41) is 50.0. The molecule has 1 aliphatic carbocycles. The summed E-state index contributed by atoms with van der Waals surface area (Å²) in [4.78, 5) is 60.6. The van der Waals surface area contributed by atoms with Gasteiger partial charge in [0, 0.05) is 48.0 Å². The molecule has 0 radical (unpaired) electrons. The highest BCUT2D eigenvalue weighted by molar-refractivity contribution is 7.13. The second-order valence-electron chi connectivity index (χ2n) is 19.7. The summed E-state index contributed by atoms with van der Waals surface area (Å²) in [6.45, 7) is 14.1. The fraction of sp³-hybridized carbons (Fsp3) is 0.480. The SMILES string of the molecule is Cc1ncsc1-c1ccc(CNC(=O)[C@@H]2C[C@@H](O)CN2C(=O)[C@@H](NC(=O)COC[C@H](O)[C@@H](O)COc2ccc(C(=O)N[C@H]3C(C)(C)[C@H](Oc4ccc(C#N)c(Cl)c4)C3(C)C)cc2)C(C)(C)C)cc1. The van der Waals surface area contributed by atoms with Crippen LogP contribution in [0.2, 0.25) is 5.02 Å². The highest BCUT2D eigenvalue weighted by Gasteiger charge is 2.64. The van der Waals surface area contributed by atoms with E-state index in [1.54, 1.807) is 80.1 Å². The lowest BCUT2D eigenvalue weighted by atomic mass is 9.49. The van der Waals surface area contributed by atoms with Gasteiger partial charge in [0.05, 0.1) is 39.4 Å². The molecule has 0 bridgehead atoms. The van der Waals surface area contributed by atoms with Gasteiger partial charge in [0.2, 0.25) is 17.7 Å². The van der Waals surface area contributed by atoms with Crippen molar-refractivity contribution in [3.05, 3.63) is 99.6 Å². The summed E-state index contributed by atoms with van der Waals surface area (Å²) in [5.74, 6) is -1.05. The molecule has 3 aromatic carbocycles. The molecular weight excluding hydrogens is 912 g/mol. The van der Waals surface area contributed by atoms with Crippen LogP contribution in [-0.2, 0) is 25.7 Å². The maximum absolute atomic E-state index is 14.0. The molecule has 1 saturated carbocycles. The Balaban J connectivity index is 0.930. The number of hydrogen-bond donors (Lipinski definition) is 6. The summed E-state index contributed by atoms with van der Waals surface area (Å²) < 4.78 is 17.4. The van der Waals surface area contributed by atoms with Crippen molar-refractivity contribution in [1.82, 2.24) is 25.8 Å². The van der Waals surface area contributed by atoms with Crippen LogP contribution in [0, 0.1) is 34.5 Å². The number of thiazole rings is 1. The molecular formula is C50H61ClN6O10S. The normalized spacial score (nSPS) is 20.8. The predicted molar refractivity (Wildman–Crippen MR) is 256 cm³/mol. The largest absolute Gasteiger partial charge is 0.491 e. The smallest absolute Gasteiger partial charge is 0.251 e. The summed E-state index contributed by atoms with van der Waals surface area (Å²) in [6, 6.07) is 18.7. The average Bonchev–Trinajstić information content (AvgIpc) is 3.91. The third kappa shape index (κ3) is 12.0. The van der Waals surface area contributed by atoms with Gasteiger partial charge in [0.15, 0.2) is 0 Å². The molecule has 6 N–H and O–H groups in total. The number of halogens is 1. The number of aromatic nitrogens is 1. The number of aliphatic hydroxyl groups is 3. The van der Waals surface area contributed by atoms with E-state index in [1.807, 2.05) is 65.0 Å². The van der Waals surface area contributed by atoms with Crippen LogP contribution in [0.4, 0.5) is 0 Å². The number of likely N-dealkylation sites (tertiary alicyclic amines) is 1. The summed E-state index contributed by atoms with van der Waals surface area (Å²) in [6.07, 6.45) is -4.00. The number of hydrogen-bond acceptors (Lipinski definition) is 13. The zero-order chi connectivity index (χ0) is 49.7. The minimum atomic E-state index is -1.44. The molecule has 2 aliphatic rings. The first-order chi connectivity index (χ1) is 32.0. The fourth-order valence-electron chi connectivity index (χ4n) is 9.17. The number of β-amino-alcohol motifs (C(OH)–C–C–N with tert-alkyl or cyclic N) is 1. The van der Waals surface area contributed by atoms with Gasteiger partial charge in [-0.05, 0) is 59.9 Å². The number of carbonyl (C=O) groups excluding carboxylic acids is 4. The molecule has 2 fully saturated rings. The Morgan fingerprint density at radius 1 is 0.971 bits per heavy atom. The standard InChI is InChI=1S/C50H61ClN6O10S/c1-28-41(68-27-54-28)30-11-9-29(10-12-30)22-53-44(63)37-19-33(58)23-57(37)45(64)42(48(2,3)4)55-40(61)26-65-24-38(59)39(60)25-66-34-16-13-31(14-17-34)43(62)56-46-49(5,6)47(50(46,7)8)67-35-18-15-32(21-52)36(51)20-35/h9-18,20,27,33,37-39,42,46-47,58-60H,19,22-26H2,1-8H3,(H,53,63)(H,55,61)(H,56,62)/t33-,37+,38+,39+,42-,46-,47-/m1/s1. The second-order valence-corrected chi connectivity index (χ2v) is 21.0. The van der Waals surface area contributed by atoms with Gasteiger partial charge in [-0.2, -0.15) is 5.26 Å². The first-order valence-electron chi connectivity index (χ1n) is 22.4. The summed E-state index contributed by atoms with van der Waals surface area (Å²) in [5.41, 5.74) is 3.64. The van der Waals surface area contributed by atoms with E-state index in [2.05, 4.69) is 20.9 Å². The van der Waals surface area contributed by atoms with E-state index in [1.165, 1.54) is 4.90 Å². The zero-order valence-corrected chi connectivity index (χ0v) is 41.1. The molecule has 1 aliphatic heterocycles. The second kappa shape index (κ2) is 21.4. The van der Waals surface area contributed by atoms with Crippen LogP contribution < -0.4 is 25.4 Å². The third-order valence-electron chi connectivity index (χ3n) is 12.6. The van der Waals surface area contributed by atoms with Crippen LogP contribution in [0.1, 0.15) is 82.1 Å². The number of rotatable bonds is 18. The average molecular weight is 974 g/mol. The molecule has 4 amide bonds. The van der Waals surface area contributed by atoms with E-state index in [0.717, 1.165) is 21.7 Å². The molecule has 6 rings (SSSR count). The lowest BCUT2D eigenvalue weighted by Crippen LogP contribution is -2.74. The van der Waals surface area contributed by atoms with Crippen molar-refractivity contribution >= 4 is 46.6 Å². The Bertz CT molecular complexity index is 2470. The van der Waals surface area contributed by atoms with E-state index in [4.69, 9.17) is 25.8 Å². The topological polar surface area (TPSA) is 233 Å². The zero-order valence-electron chi connectivity index (χ0n) is 39.5. The highest BCUT2D eigenvalue weighted by atomic mass is 35.5. The van der Waals surface area contributed by atoms with Crippen molar-refractivity contribution in [3.8, 4) is 28.0 Å². The molecule has 0 unspecified atom stereocenters. The molecule has 68 heavy (non-hydrogen) atoms. The van der Waals surface area contributed by atoms with E-state index in [9.17, 15) is 39.8 Å². The first-order valence-corrected chi connectivity index (χ1v) is 23.7. The van der Waals surface area contributed by atoms with Gasteiger partial charge >= 0.3 is 0 Å². The molecule has 4 aromatic rings. The van der Waals surface area contributed by atoms with Crippen LogP contribution in [0.25, 0.3) is 10.4 Å². The van der Waals surface area contributed by atoms with Gasteiger partial charge in [0.1, 0.15) is 61.2 Å². The van der Waals surface area contributed by atoms with Gasteiger partial charge in [-0.3, -0.25) is 19.2 Å². The van der Waals surface area contributed by atoms with Crippen LogP contribution in [0.15, 0.2) is 72.2 Å². The van der Waals surface area contributed by atoms with Crippen molar-refractivity contribution in [2.24, 2.45) is 16.2 Å². The van der Waals surface area contributed by atoms with Gasteiger partial charge in [-0.1, -0.05) is 84.3 Å². The Morgan fingerprint density at radius 2 is 1.62 bits per heavy atom. The molecule has 364 valence electrons. The summed E-state index contributed by atoms with van der Waals surface area (Å²) >= 11 is 7.77. The minimum absolute atomic E-state index is 0.0391. The van der Waals surface area contributed by atoms with Crippen molar-refractivity contribution in [1.29, 1.82) is 5.26 Å². The number of ether oxygens (including phenoxy) is 3. The molecule has 16 nitrogen and oxygen atoms in total. The van der Waals surface area contributed by atoms with Crippen molar-refractivity contribution in [3.63, 3.8) is 0 Å². The lowest BCUT2D eigenvalue weighted by molar-refractivity contribution is -0.164. The van der Waals surface area contributed by atoms with Crippen LogP contribution in [0.3, 0.4) is 0 Å². The van der Waals surface area contributed by atoms with Crippen molar-refractivity contribution < 1.29 is 48.7 Å². The molecule has 5 atom stereocenters. The molecule has 1 aromatic heterocycles. The number of nitrogens with zero attached hydrogens (tertiary/aromatic N) is 3. The number of amides is 4. The van der Waals surface area contributed by atoms with E-state index < -0.39 is 77.6 Å². The Hall–Kier alpha value is -5.61. The molecule has 2 heterocycles. The van der Waals surface area contributed by atoms with Crippen LogP contribution >= 0.6 is 22.9 Å². The van der Waals surface area contributed by atoms with Gasteiger partial charge in [0.25, 0.3) is 5.91 Å². The van der Waals surface area contributed by atoms with E-state index >= 15 is 0 Å². The Kier molecular flexibility index (Phi) is 16.3. The van der Waals surface area contributed by atoms with Gasteiger partial charge in [-0.15, -0.1) is 11.3 Å². The van der Waals surface area contributed by atoms with Crippen molar-refractivity contribution in [2.45, 2.75) is 111 Å². The molecule has 1 saturated heterocycles. The number of aliphatic hydroxyl groups excluding tert-OH is 3. The highest BCUT2D eigenvalue weighted by Crippen LogP contribution is 2.55. The Morgan fingerprint density at radius 3 is 2.22 bits per heavy atom.